The molecule has 0 fully saturated rings. The molecule has 0 unspecified atom stereocenters. The van der Waals surface area contributed by atoms with Crippen molar-refractivity contribution in [2.24, 2.45) is 0 Å². The Labute approximate surface area is 101 Å². The molecule has 0 spiro atoms. The summed E-state index contributed by atoms with van der Waals surface area (Å²) >= 11 is 0. The first kappa shape index (κ1) is 14.3. The van der Waals surface area contributed by atoms with E-state index in [1.807, 2.05) is 0 Å². The second-order valence-corrected chi connectivity index (χ2v) is 3.83. The summed E-state index contributed by atoms with van der Waals surface area (Å²) in [5, 5.41) is 0. The van der Waals surface area contributed by atoms with E-state index in [4.69, 9.17) is 5.73 Å². The normalized spacial score (nSPS) is 11.4. The molecule has 1 rings (SSSR count). The maximum Gasteiger partial charge on any atom is 0.390 e. The third-order valence-electron chi connectivity index (χ3n) is 2.30. The first-order chi connectivity index (χ1) is 8.20. The van der Waals surface area contributed by atoms with E-state index >= 15 is 0 Å². The van der Waals surface area contributed by atoms with Gasteiger partial charge >= 0.3 is 6.18 Å². The molecule has 18 heavy (non-hydrogen) atoms. The predicted octanol–water partition coefficient (Wildman–Crippen LogP) is 2.43. The lowest BCUT2D eigenvalue weighted by Crippen LogP contribution is -2.31. The average Bonchev–Trinajstić information content (AvgIpc) is 2.27. The number of benzene rings is 1. The third-order valence-corrected chi connectivity index (χ3v) is 2.30. The van der Waals surface area contributed by atoms with Crippen molar-refractivity contribution in [2.45, 2.75) is 12.6 Å². The molecule has 0 aliphatic heterocycles. The van der Waals surface area contributed by atoms with Gasteiger partial charge in [0, 0.05) is 19.3 Å². The van der Waals surface area contributed by atoms with Crippen LogP contribution < -0.4 is 5.73 Å². The number of amides is 1. The molecule has 0 saturated heterocycles. The SMILES string of the molecule is CN(CCC(F)(F)F)C(=O)c1cc(N)ccc1F. The van der Waals surface area contributed by atoms with Crippen molar-refractivity contribution in [3.63, 3.8) is 0 Å². The number of carbonyl (C=O) groups excluding carboxylic acids is 1. The summed E-state index contributed by atoms with van der Waals surface area (Å²) in [5.74, 6) is -1.64. The molecule has 0 saturated carbocycles. The van der Waals surface area contributed by atoms with Crippen LogP contribution in [0.25, 0.3) is 0 Å². The van der Waals surface area contributed by atoms with Gasteiger partial charge in [0.2, 0.25) is 0 Å². The molecule has 0 radical (unpaired) electrons. The molecule has 1 aromatic carbocycles. The third kappa shape index (κ3) is 3.90. The van der Waals surface area contributed by atoms with E-state index in [9.17, 15) is 22.4 Å². The van der Waals surface area contributed by atoms with Gasteiger partial charge in [0.25, 0.3) is 5.91 Å². The lowest BCUT2D eigenvalue weighted by molar-refractivity contribution is -0.136. The number of hydrogen-bond donors (Lipinski definition) is 1. The van der Waals surface area contributed by atoms with Crippen LogP contribution in [-0.2, 0) is 0 Å². The summed E-state index contributed by atoms with van der Waals surface area (Å²) in [6.07, 6.45) is -5.50. The van der Waals surface area contributed by atoms with Crippen LogP contribution in [0.1, 0.15) is 16.8 Å². The van der Waals surface area contributed by atoms with Crippen LogP contribution in [0.4, 0.5) is 23.2 Å². The van der Waals surface area contributed by atoms with E-state index in [0.717, 1.165) is 17.0 Å². The van der Waals surface area contributed by atoms with Crippen molar-refractivity contribution in [1.29, 1.82) is 0 Å². The van der Waals surface area contributed by atoms with Gasteiger partial charge in [0.15, 0.2) is 0 Å². The molecule has 0 aliphatic carbocycles. The van der Waals surface area contributed by atoms with Gasteiger partial charge < -0.3 is 10.6 Å². The summed E-state index contributed by atoms with van der Waals surface area (Å²) in [7, 11) is 1.18. The Bertz CT molecular complexity index is 445. The van der Waals surface area contributed by atoms with Gasteiger partial charge in [-0.15, -0.1) is 0 Å². The fourth-order valence-corrected chi connectivity index (χ4v) is 1.31. The van der Waals surface area contributed by atoms with Crippen molar-refractivity contribution in [2.75, 3.05) is 19.3 Å². The Kier molecular flexibility index (Phi) is 4.15. The Hall–Kier alpha value is -1.79. The van der Waals surface area contributed by atoms with Crippen LogP contribution >= 0.6 is 0 Å². The molecule has 0 atom stereocenters. The highest BCUT2D eigenvalue weighted by molar-refractivity contribution is 5.95. The van der Waals surface area contributed by atoms with Crippen LogP contribution in [0.3, 0.4) is 0 Å². The van der Waals surface area contributed by atoms with Crippen molar-refractivity contribution in [1.82, 2.24) is 4.90 Å². The first-order valence-electron chi connectivity index (χ1n) is 5.08. The number of nitrogens with two attached hydrogens (primary N) is 1. The maximum absolute atomic E-state index is 13.3. The van der Waals surface area contributed by atoms with E-state index in [1.54, 1.807) is 0 Å². The fourth-order valence-electron chi connectivity index (χ4n) is 1.31. The second-order valence-electron chi connectivity index (χ2n) is 3.83. The minimum Gasteiger partial charge on any atom is -0.399 e. The van der Waals surface area contributed by atoms with Crippen LogP contribution in [0, 0.1) is 5.82 Å². The average molecular weight is 264 g/mol. The fraction of sp³-hybridized carbons (Fsp3) is 0.364. The predicted molar refractivity (Wildman–Crippen MR) is 58.4 cm³/mol. The Morgan fingerprint density at radius 1 is 1.39 bits per heavy atom. The van der Waals surface area contributed by atoms with E-state index in [2.05, 4.69) is 0 Å². The van der Waals surface area contributed by atoms with Gasteiger partial charge in [-0.05, 0) is 18.2 Å². The highest BCUT2D eigenvalue weighted by atomic mass is 19.4. The number of hydrogen-bond acceptors (Lipinski definition) is 2. The zero-order valence-corrected chi connectivity index (χ0v) is 9.59. The van der Waals surface area contributed by atoms with Gasteiger partial charge in [0.05, 0.1) is 12.0 Å². The first-order valence-corrected chi connectivity index (χ1v) is 5.08. The summed E-state index contributed by atoms with van der Waals surface area (Å²) in [4.78, 5) is 12.5. The van der Waals surface area contributed by atoms with Crippen LogP contribution in [0.2, 0.25) is 0 Å². The number of halogens is 4. The number of carbonyl (C=O) groups is 1. The van der Waals surface area contributed by atoms with Gasteiger partial charge in [0.1, 0.15) is 5.82 Å². The number of rotatable bonds is 3. The minimum absolute atomic E-state index is 0.170. The summed E-state index contributed by atoms with van der Waals surface area (Å²) < 4.78 is 49.3. The van der Waals surface area contributed by atoms with Crippen LogP contribution in [0.5, 0.6) is 0 Å². The van der Waals surface area contributed by atoms with Gasteiger partial charge in [-0.1, -0.05) is 0 Å². The van der Waals surface area contributed by atoms with E-state index in [1.165, 1.54) is 13.1 Å². The lowest BCUT2D eigenvalue weighted by Gasteiger charge is -2.18. The molecule has 1 amide bonds. The number of nitrogen functional groups attached to an aromatic ring is 1. The van der Waals surface area contributed by atoms with Crippen molar-refractivity contribution in [3.05, 3.63) is 29.6 Å². The van der Waals surface area contributed by atoms with Crippen molar-refractivity contribution in [3.8, 4) is 0 Å². The van der Waals surface area contributed by atoms with Crippen molar-refractivity contribution < 1.29 is 22.4 Å². The molecular formula is C11H12F4N2O. The Balaban J connectivity index is 2.77. The molecule has 0 aromatic heterocycles. The number of anilines is 1. The summed E-state index contributed by atoms with van der Waals surface area (Å²) in [6.45, 7) is -0.531. The van der Waals surface area contributed by atoms with Gasteiger partial charge in [-0.25, -0.2) is 4.39 Å². The summed E-state index contributed by atoms with van der Waals surface area (Å²) in [5.41, 5.74) is 5.23. The van der Waals surface area contributed by atoms with E-state index in [0.29, 0.717) is 0 Å². The smallest absolute Gasteiger partial charge is 0.390 e. The lowest BCUT2D eigenvalue weighted by atomic mass is 10.1. The van der Waals surface area contributed by atoms with E-state index in [-0.39, 0.29) is 11.3 Å². The molecule has 0 bridgehead atoms. The van der Waals surface area contributed by atoms with Crippen LogP contribution in [0.15, 0.2) is 18.2 Å². The molecular weight excluding hydrogens is 252 g/mol. The van der Waals surface area contributed by atoms with Crippen LogP contribution in [-0.4, -0.2) is 30.6 Å². The standard InChI is InChI=1S/C11H12F4N2O/c1-17(5-4-11(13,14)15)10(18)8-6-7(16)2-3-9(8)12/h2-3,6H,4-5,16H2,1H3. The second kappa shape index (κ2) is 5.24. The monoisotopic (exact) mass is 264 g/mol. The summed E-state index contributed by atoms with van der Waals surface area (Å²) in [6, 6.07) is 3.36. The molecule has 3 nitrogen and oxygen atoms in total. The number of nitrogens with zero attached hydrogens (tertiary/aromatic N) is 1. The Morgan fingerprint density at radius 2 is 2.00 bits per heavy atom. The molecule has 0 aliphatic rings. The van der Waals surface area contributed by atoms with Gasteiger partial charge in [-0.3, -0.25) is 4.79 Å². The molecule has 1 aromatic rings. The van der Waals surface area contributed by atoms with Gasteiger partial charge in [-0.2, -0.15) is 13.2 Å². The number of alkyl halides is 3. The molecule has 7 heteroatoms. The highest BCUT2D eigenvalue weighted by Gasteiger charge is 2.28. The quantitative estimate of drug-likeness (QED) is 0.673. The molecule has 2 N–H and O–H groups in total. The van der Waals surface area contributed by atoms with E-state index < -0.39 is 30.9 Å². The van der Waals surface area contributed by atoms with Crippen molar-refractivity contribution >= 4 is 11.6 Å². The molecule has 0 heterocycles. The zero-order valence-electron chi connectivity index (χ0n) is 9.59. The molecule has 100 valence electrons. The maximum atomic E-state index is 13.3. The highest BCUT2D eigenvalue weighted by Crippen LogP contribution is 2.20. The topological polar surface area (TPSA) is 46.3 Å². The Morgan fingerprint density at radius 3 is 2.56 bits per heavy atom. The zero-order chi connectivity index (χ0) is 13.9. The largest absolute Gasteiger partial charge is 0.399 e. The minimum atomic E-state index is -4.36.